The summed E-state index contributed by atoms with van der Waals surface area (Å²) in [5.74, 6) is 0.623. The van der Waals surface area contributed by atoms with Crippen LogP contribution in [-0.4, -0.2) is 43.2 Å². The van der Waals surface area contributed by atoms with Crippen LogP contribution in [-0.2, 0) is 9.84 Å². The van der Waals surface area contributed by atoms with Gasteiger partial charge in [-0.3, -0.25) is 0 Å². The molecule has 0 bridgehead atoms. The molecule has 16 heavy (non-hydrogen) atoms. The Balaban J connectivity index is 1.84. The summed E-state index contributed by atoms with van der Waals surface area (Å²) in [7, 11) is -2.82. The average Bonchev–Trinajstić information content (AvgIpc) is 2.15. The van der Waals surface area contributed by atoms with Gasteiger partial charge in [-0.2, -0.15) is 0 Å². The van der Waals surface area contributed by atoms with Gasteiger partial charge in [-0.15, -0.1) is 0 Å². The zero-order valence-corrected chi connectivity index (χ0v) is 10.4. The molecule has 94 valence electrons. The molecular formula is C11H21NO3S. The first-order valence-electron chi connectivity index (χ1n) is 6.20. The Morgan fingerprint density at radius 3 is 2.50 bits per heavy atom. The summed E-state index contributed by atoms with van der Waals surface area (Å²) in [6.45, 7) is 0. The summed E-state index contributed by atoms with van der Waals surface area (Å²) in [5.41, 5.74) is 0. The van der Waals surface area contributed by atoms with E-state index in [4.69, 9.17) is 0 Å². The number of rotatable bonds is 2. The van der Waals surface area contributed by atoms with Crippen LogP contribution >= 0.6 is 0 Å². The van der Waals surface area contributed by atoms with Crippen molar-refractivity contribution < 1.29 is 13.5 Å². The van der Waals surface area contributed by atoms with E-state index in [1.807, 2.05) is 0 Å². The van der Waals surface area contributed by atoms with Gasteiger partial charge in [-0.05, 0) is 38.5 Å². The molecule has 0 aromatic rings. The third-order valence-electron chi connectivity index (χ3n) is 3.58. The van der Waals surface area contributed by atoms with Crippen molar-refractivity contribution in [3.63, 3.8) is 0 Å². The van der Waals surface area contributed by atoms with E-state index in [0.29, 0.717) is 11.8 Å². The lowest BCUT2D eigenvalue weighted by Gasteiger charge is -2.32. The maximum atomic E-state index is 11.5. The largest absolute Gasteiger partial charge is 0.393 e. The van der Waals surface area contributed by atoms with Crippen LogP contribution in [0.1, 0.15) is 38.5 Å². The quantitative estimate of drug-likeness (QED) is 0.744. The number of aliphatic hydroxyl groups excluding tert-OH is 1. The molecule has 0 aromatic carbocycles. The maximum Gasteiger partial charge on any atom is 0.151 e. The Labute approximate surface area is 97.3 Å². The van der Waals surface area contributed by atoms with Gasteiger partial charge < -0.3 is 10.4 Å². The highest BCUT2D eigenvalue weighted by Crippen LogP contribution is 2.21. The molecule has 1 heterocycles. The highest BCUT2D eigenvalue weighted by Gasteiger charge is 2.28. The van der Waals surface area contributed by atoms with Crippen molar-refractivity contribution in [3.8, 4) is 0 Å². The zero-order chi connectivity index (χ0) is 11.6. The van der Waals surface area contributed by atoms with Crippen LogP contribution in [0.15, 0.2) is 0 Å². The van der Waals surface area contributed by atoms with Crippen LogP contribution in [0.2, 0.25) is 0 Å². The lowest BCUT2D eigenvalue weighted by molar-refractivity contribution is 0.109. The second-order valence-electron chi connectivity index (χ2n) is 5.14. The van der Waals surface area contributed by atoms with E-state index in [1.54, 1.807) is 0 Å². The zero-order valence-electron chi connectivity index (χ0n) is 9.56. The van der Waals surface area contributed by atoms with Crippen LogP contribution < -0.4 is 5.32 Å². The second-order valence-corrected chi connectivity index (χ2v) is 7.37. The van der Waals surface area contributed by atoms with E-state index < -0.39 is 9.84 Å². The van der Waals surface area contributed by atoms with E-state index in [0.717, 1.165) is 38.5 Å². The van der Waals surface area contributed by atoms with E-state index in [2.05, 4.69) is 5.32 Å². The molecule has 0 aromatic heterocycles. The normalized spacial score (nSPS) is 39.4. The molecule has 1 saturated carbocycles. The lowest BCUT2D eigenvalue weighted by Crippen LogP contribution is -2.47. The van der Waals surface area contributed by atoms with Gasteiger partial charge in [0.2, 0.25) is 0 Å². The Bertz CT molecular complexity index is 328. The third kappa shape index (κ3) is 3.43. The predicted molar refractivity (Wildman–Crippen MR) is 63.1 cm³/mol. The molecule has 4 nitrogen and oxygen atoms in total. The van der Waals surface area contributed by atoms with Gasteiger partial charge in [0.15, 0.2) is 9.84 Å². The van der Waals surface area contributed by atoms with E-state index in [-0.39, 0.29) is 17.9 Å². The molecular weight excluding hydrogens is 226 g/mol. The van der Waals surface area contributed by atoms with Gasteiger partial charge in [0, 0.05) is 12.1 Å². The lowest BCUT2D eigenvalue weighted by atomic mass is 9.92. The van der Waals surface area contributed by atoms with Crippen molar-refractivity contribution in [2.24, 2.45) is 0 Å². The molecule has 0 spiro atoms. The molecule has 0 radical (unpaired) electrons. The van der Waals surface area contributed by atoms with Crippen LogP contribution in [0.4, 0.5) is 0 Å². The topological polar surface area (TPSA) is 66.4 Å². The minimum Gasteiger partial charge on any atom is -0.393 e. The standard InChI is InChI=1S/C11H21NO3S/c13-11-5-1-3-9(7-11)12-10-4-2-6-16(14,15)8-10/h9-13H,1-8H2. The minimum absolute atomic E-state index is 0.106. The van der Waals surface area contributed by atoms with Crippen molar-refractivity contribution in [1.82, 2.24) is 5.32 Å². The van der Waals surface area contributed by atoms with Crippen LogP contribution in [0, 0.1) is 0 Å². The van der Waals surface area contributed by atoms with Crippen molar-refractivity contribution in [2.75, 3.05) is 11.5 Å². The van der Waals surface area contributed by atoms with Crippen molar-refractivity contribution in [1.29, 1.82) is 0 Å². The molecule has 2 N–H and O–H groups in total. The number of hydrogen-bond donors (Lipinski definition) is 2. The minimum atomic E-state index is -2.82. The summed E-state index contributed by atoms with van der Waals surface area (Å²) in [6.07, 6.45) is 5.29. The molecule has 0 amide bonds. The van der Waals surface area contributed by atoms with Gasteiger partial charge in [-0.25, -0.2) is 8.42 Å². The van der Waals surface area contributed by atoms with Crippen LogP contribution in [0.3, 0.4) is 0 Å². The van der Waals surface area contributed by atoms with Gasteiger partial charge in [-0.1, -0.05) is 0 Å². The molecule has 1 saturated heterocycles. The third-order valence-corrected chi connectivity index (χ3v) is 5.40. The molecule has 1 aliphatic carbocycles. The summed E-state index contributed by atoms with van der Waals surface area (Å²) >= 11 is 0. The molecule has 2 aliphatic rings. The maximum absolute atomic E-state index is 11.5. The Hall–Kier alpha value is -0.130. The van der Waals surface area contributed by atoms with Crippen molar-refractivity contribution in [3.05, 3.63) is 0 Å². The first-order chi connectivity index (χ1) is 7.55. The number of hydrogen-bond acceptors (Lipinski definition) is 4. The van der Waals surface area contributed by atoms with E-state index >= 15 is 0 Å². The van der Waals surface area contributed by atoms with Gasteiger partial charge in [0.1, 0.15) is 0 Å². The number of sulfone groups is 1. The molecule has 1 aliphatic heterocycles. The van der Waals surface area contributed by atoms with Crippen LogP contribution in [0.5, 0.6) is 0 Å². The predicted octanol–water partition coefficient (Wildman–Crippen LogP) is 0.457. The van der Waals surface area contributed by atoms with Crippen molar-refractivity contribution in [2.45, 2.75) is 56.7 Å². The van der Waals surface area contributed by atoms with Gasteiger partial charge >= 0.3 is 0 Å². The van der Waals surface area contributed by atoms with Crippen molar-refractivity contribution >= 4 is 9.84 Å². The molecule has 3 unspecified atom stereocenters. The number of nitrogens with one attached hydrogen (secondary N) is 1. The first-order valence-corrected chi connectivity index (χ1v) is 8.02. The monoisotopic (exact) mass is 247 g/mol. The smallest absolute Gasteiger partial charge is 0.151 e. The van der Waals surface area contributed by atoms with E-state index in [9.17, 15) is 13.5 Å². The summed E-state index contributed by atoms with van der Waals surface area (Å²) in [5, 5.41) is 13.0. The van der Waals surface area contributed by atoms with E-state index in [1.165, 1.54) is 0 Å². The SMILES string of the molecule is O=S1(=O)CCCC(NC2CCCC(O)C2)C1. The Morgan fingerprint density at radius 2 is 1.81 bits per heavy atom. The fourth-order valence-corrected chi connectivity index (χ4v) is 4.45. The molecule has 2 rings (SSSR count). The molecule has 2 fully saturated rings. The summed E-state index contributed by atoms with van der Waals surface area (Å²) in [6, 6.07) is 0.413. The fraction of sp³-hybridized carbons (Fsp3) is 1.00. The Kier molecular flexibility index (Phi) is 3.87. The first kappa shape index (κ1) is 12.3. The summed E-state index contributed by atoms with van der Waals surface area (Å²) in [4.78, 5) is 0. The van der Waals surface area contributed by atoms with Gasteiger partial charge in [0.25, 0.3) is 0 Å². The highest BCUT2D eigenvalue weighted by atomic mass is 32.2. The van der Waals surface area contributed by atoms with Crippen LogP contribution in [0.25, 0.3) is 0 Å². The molecule has 3 atom stereocenters. The number of aliphatic hydroxyl groups is 1. The summed E-state index contributed by atoms with van der Waals surface area (Å²) < 4.78 is 23.0. The fourth-order valence-electron chi connectivity index (χ4n) is 2.80. The Morgan fingerprint density at radius 1 is 1.06 bits per heavy atom. The second kappa shape index (κ2) is 5.02. The average molecular weight is 247 g/mol. The highest BCUT2D eigenvalue weighted by molar-refractivity contribution is 7.91. The van der Waals surface area contributed by atoms with Gasteiger partial charge in [0.05, 0.1) is 17.6 Å². The molecule has 5 heteroatoms.